The number of alkyl halides is 1. The Morgan fingerprint density at radius 2 is 2.06 bits per heavy atom. The van der Waals surface area contributed by atoms with Crippen molar-refractivity contribution in [2.75, 3.05) is 26.3 Å². The number of amides is 1. The van der Waals surface area contributed by atoms with Crippen LogP contribution in [0.4, 0.5) is 4.39 Å². The average Bonchev–Trinajstić information content (AvgIpc) is 2.83. The molecule has 92 valence electrons. The minimum absolute atomic E-state index is 0.0534. The van der Waals surface area contributed by atoms with Crippen molar-refractivity contribution in [3.63, 3.8) is 0 Å². The summed E-state index contributed by atoms with van der Waals surface area (Å²) in [7, 11) is 0. The van der Waals surface area contributed by atoms with Gasteiger partial charge in [-0.2, -0.15) is 0 Å². The number of rotatable bonds is 3. The van der Waals surface area contributed by atoms with Gasteiger partial charge in [0.15, 0.2) is 0 Å². The third-order valence-electron chi connectivity index (χ3n) is 3.80. The van der Waals surface area contributed by atoms with Crippen LogP contribution in [0.5, 0.6) is 0 Å². The first-order chi connectivity index (χ1) is 7.81. The molecule has 1 amide bonds. The highest BCUT2D eigenvalue weighted by Crippen LogP contribution is 2.21. The van der Waals surface area contributed by atoms with Crippen LogP contribution in [-0.2, 0) is 4.79 Å². The molecule has 3 nitrogen and oxygen atoms in total. The molecule has 0 radical (unpaired) electrons. The lowest BCUT2D eigenvalue weighted by Crippen LogP contribution is -2.47. The SMILES string of the molecule is O=C([C@H]1CCCN1)N1CCC(CCF)CC1. The van der Waals surface area contributed by atoms with Crippen LogP contribution >= 0.6 is 0 Å². The first kappa shape index (κ1) is 11.8. The quantitative estimate of drug-likeness (QED) is 0.790. The molecule has 0 spiro atoms. The monoisotopic (exact) mass is 228 g/mol. The van der Waals surface area contributed by atoms with Crippen molar-refractivity contribution in [3.05, 3.63) is 0 Å². The number of hydrogen-bond donors (Lipinski definition) is 1. The molecule has 2 heterocycles. The molecule has 16 heavy (non-hydrogen) atoms. The van der Waals surface area contributed by atoms with Crippen LogP contribution in [0.25, 0.3) is 0 Å². The Bertz CT molecular complexity index is 233. The van der Waals surface area contributed by atoms with Gasteiger partial charge in [-0.1, -0.05) is 0 Å². The van der Waals surface area contributed by atoms with E-state index in [1.807, 2.05) is 4.90 Å². The first-order valence-corrected chi connectivity index (χ1v) is 6.39. The van der Waals surface area contributed by atoms with Crippen LogP contribution in [0.1, 0.15) is 32.1 Å². The summed E-state index contributed by atoms with van der Waals surface area (Å²) in [5.74, 6) is 0.752. The second-order valence-electron chi connectivity index (χ2n) is 4.90. The van der Waals surface area contributed by atoms with Crippen LogP contribution in [0, 0.1) is 5.92 Å². The summed E-state index contributed by atoms with van der Waals surface area (Å²) in [4.78, 5) is 14.0. The van der Waals surface area contributed by atoms with Gasteiger partial charge in [-0.15, -0.1) is 0 Å². The molecule has 0 aromatic carbocycles. The standard InChI is InChI=1S/C12H21FN2O/c13-6-3-10-4-8-15(9-5-10)12(16)11-2-1-7-14-11/h10-11,14H,1-9H2/t11-/m1/s1. The Morgan fingerprint density at radius 3 is 2.62 bits per heavy atom. The van der Waals surface area contributed by atoms with Crippen molar-refractivity contribution in [1.82, 2.24) is 10.2 Å². The number of piperidine rings is 1. The molecular formula is C12H21FN2O. The van der Waals surface area contributed by atoms with Crippen LogP contribution in [-0.4, -0.2) is 43.2 Å². The number of carbonyl (C=O) groups excluding carboxylic acids is 1. The fourth-order valence-electron chi connectivity index (χ4n) is 2.71. The Balaban J connectivity index is 1.77. The lowest BCUT2D eigenvalue weighted by Gasteiger charge is -2.33. The van der Waals surface area contributed by atoms with E-state index in [1.54, 1.807) is 0 Å². The van der Waals surface area contributed by atoms with Gasteiger partial charge in [0.2, 0.25) is 5.91 Å². The molecule has 0 bridgehead atoms. The maximum absolute atomic E-state index is 12.2. The van der Waals surface area contributed by atoms with E-state index in [1.165, 1.54) is 0 Å². The summed E-state index contributed by atoms with van der Waals surface area (Å²) in [6, 6.07) is 0.0534. The minimum Gasteiger partial charge on any atom is -0.341 e. The molecule has 2 saturated heterocycles. The van der Waals surface area contributed by atoms with Crippen molar-refractivity contribution in [3.8, 4) is 0 Å². The van der Waals surface area contributed by atoms with Crippen LogP contribution in [0.3, 0.4) is 0 Å². The summed E-state index contributed by atoms with van der Waals surface area (Å²) >= 11 is 0. The normalized spacial score (nSPS) is 27.3. The molecule has 0 aromatic heterocycles. The summed E-state index contributed by atoms with van der Waals surface area (Å²) in [5, 5.41) is 3.24. The number of halogens is 1. The van der Waals surface area contributed by atoms with E-state index in [2.05, 4.69) is 5.32 Å². The molecular weight excluding hydrogens is 207 g/mol. The van der Waals surface area contributed by atoms with E-state index in [-0.39, 0.29) is 18.6 Å². The Kier molecular flexibility index (Phi) is 4.16. The topological polar surface area (TPSA) is 32.3 Å². The highest BCUT2D eigenvalue weighted by molar-refractivity contribution is 5.82. The molecule has 4 heteroatoms. The van der Waals surface area contributed by atoms with Crippen molar-refractivity contribution >= 4 is 5.91 Å². The van der Waals surface area contributed by atoms with Gasteiger partial charge in [0.05, 0.1) is 12.7 Å². The van der Waals surface area contributed by atoms with Crippen LogP contribution < -0.4 is 5.32 Å². The smallest absolute Gasteiger partial charge is 0.239 e. The van der Waals surface area contributed by atoms with Gasteiger partial charge in [-0.05, 0) is 44.6 Å². The Labute approximate surface area is 96.4 Å². The predicted octanol–water partition coefficient (Wildman–Crippen LogP) is 1.34. The van der Waals surface area contributed by atoms with Crippen LogP contribution in [0.15, 0.2) is 0 Å². The van der Waals surface area contributed by atoms with E-state index < -0.39 is 0 Å². The number of carbonyl (C=O) groups is 1. The number of nitrogens with one attached hydrogen (secondary N) is 1. The summed E-state index contributed by atoms with van der Waals surface area (Å²) in [6.07, 6.45) is 4.70. The Hall–Kier alpha value is -0.640. The zero-order valence-corrected chi connectivity index (χ0v) is 9.75. The second-order valence-corrected chi connectivity index (χ2v) is 4.90. The van der Waals surface area contributed by atoms with Crippen molar-refractivity contribution in [1.29, 1.82) is 0 Å². The third kappa shape index (κ3) is 2.73. The van der Waals surface area contributed by atoms with Gasteiger partial charge in [0, 0.05) is 13.1 Å². The molecule has 2 aliphatic heterocycles. The van der Waals surface area contributed by atoms with E-state index in [9.17, 15) is 9.18 Å². The fourth-order valence-corrected chi connectivity index (χ4v) is 2.71. The zero-order valence-electron chi connectivity index (χ0n) is 9.75. The van der Waals surface area contributed by atoms with Crippen LogP contribution in [0.2, 0.25) is 0 Å². The van der Waals surface area contributed by atoms with Crippen molar-refractivity contribution in [2.24, 2.45) is 5.92 Å². The van der Waals surface area contributed by atoms with Crippen molar-refractivity contribution in [2.45, 2.75) is 38.1 Å². The van der Waals surface area contributed by atoms with Gasteiger partial charge < -0.3 is 10.2 Å². The summed E-state index contributed by atoms with van der Waals surface area (Å²) < 4.78 is 12.2. The number of nitrogens with zero attached hydrogens (tertiary/aromatic N) is 1. The molecule has 1 N–H and O–H groups in total. The summed E-state index contributed by atoms with van der Waals surface area (Å²) in [6.45, 7) is 2.39. The largest absolute Gasteiger partial charge is 0.341 e. The first-order valence-electron chi connectivity index (χ1n) is 6.39. The molecule has 2 rings (SSSR count). The van der Waals surface area contributed by atoms with Crippen molar-refractivity contribution < 1.29 is 9.18 Å². The molecule has 2 fully saturated rings. The average molecular weight is 228 g/mol. The van der Waals surface area contributed by atoms with Gasteiger partial charge >= 0.3 is 0 Å². The molecule has 0 aromatic rings. The van der Waals surface area contributed by atoms with Gasteiger partial charge in [0.1, 0.15) is 0 Å². The molecule has 1 atom stereocenters. The van der Waals surface area contributed by atoms with Gasteiger partial charge in [-0.3, -0.25) is 9.18 Å². The van der Waals surface area contributed by atoms with E-state index in [4.69, 9.17) is 0 Å². The maximum atomic E-state index is 12.2. The third-order valence-corrected chi connectivity index (χ3v) is 3.80. The number of likely N-dealkylation sites (tertiary alicyclic amines) is 1. The van der Waals surface area contributed by atoms with E-state index >= 15 is 0 Å². The van der Waals surface area contributed by atoms with E-state index in [0.717, 1.165) is 45.3 Å². The Morgan fingerprint density at radius 1 is 1.31 bits per heavy atom. The van der Waals surface area contributed by atoms with Gasteiger partial charge in [0.25, 0.3) is 0 Å². The molecule has 0 unspecified atom stereocenters. The minimum atomic E-state index is -0.219. The fraction of sp³-hybridized carbons (Fsp3) is 0.917. The van der Waals surface area contributed by atoms with Gasteiger partial charge in [-0.25, -0.2) is 0 Å². The predicted molar refractivity (Wildman–Crippen MR) is 60.9 cm³/mol. The maximum Gasteiger partial charge on any atom is 0.239 e. The lowest BCUT2D eigenvalue weighted by atomic mass is 9.94. The highest BCUT2D eigenvalue weighted by Gasteiger charge is 2.29. The molecule has 0 aliphatic carbocycles. The lowest BCUT2D eigenvalue weighted by molar-refractivity contribution is -0.134. The molecule has 0 saturated carbocycles. The second kappa shape index (κ2) is 5.62. The zero-order chi connectivity index (χ0) is 11.4. The number of hydrogen-bond acceptors (Lipinski definition) is 2. The highest BCUT2D eigenvalue weighted by atomic mass is 19.1. The van der Waals surface area contributed by atoms with E-state index in [0.29, 0.717) is 12.3 Å². The molecule has 2 aliphatic rings. The summed E-state index contributed by atoms with van der Waals surface area (Å²) in [5.41, 5.74) is 0.